The fourth-order valence-corrected chi connectivity index (χ4v) is 1.99. The van der Waals surface area contributed by atoms with Crippen LogP contribution in [0.5, 0.6) is 5.75 Å². The summed E-state index contributed by atoms with van der Waals surface area (Å²) in [6.07, 6.45) is 1.54. The first kappa shape index (κ1) is 13.0. The van der Waals surface area contributed by atoms with E-state index < -0.39 is 5.54 Å². The molecule has 88 valence electrons. The topological polar surface area (TPSA) is 49.3 Å². The third kappa shape index (κ3) is 2.20. The molecule has 4 heteroatoms. The largest absolute Gasteiger partial charge is 0.508 e. The van der Waals surface area contributed by atoms with Crippen molar-refractivity contribution >= 4 is 18.2 Å². The third-order valence-electron chi connectivity index (χ3n) is 3.06. The van der Waals surface area contributed by atoms with Gasteiger partial charge in [-0.05, 0) is 37.6 Å². The number of hydrogen-bond acceptors (Lipinski definition) is 3. The molecule has 3 nitrogen and oxygen atoms in total. The second-order valence-corrected chi connectivity index (χ2v) is 4.13. The summed E-state index contributed by atoms with van der Waals surface area (Å²) in [5.41, 5.74) is 0.344. The summed E-state index contributed by atoms with van der Waals surface area (Å²) < 4.78 is 0. The standard InChI is InChI=1S/C12H15NO2.ClH/c1-12(11(15)3-2-8-13-12)9-4-6-10(14)7-5-9;/h4-7,13-14H,2-3,8H2,1H3;1H. The van der Waals surface area contributed by atoms with Gasteiger partial charge < -0.3 is 10.4 Å². The quantitative estimate of drug-likeness (QED) is 0.791. The van der Waals surface area contributed by atoms with E-state index in [1.165, 1.54) is 0 Å². The first-order valence-electron chi connectivity index (χ1n) is 5.21. The lowest BCUT2D eigenvalue weighted by Crippen LogP contribution is -2.50. The van der Waals surface area contributed by atoms with Gasteiger partial charge in [-0.1, -0.05) is 12.1 Å². The number of benzene rings is 1. The van der Waals surface area contributed by atoms with Crippen LogP contribution >= 0.6 is 12.4 Å². The van der Waals surface area contributed by atoms with Crippen molar-refractivity contribution in [2.24, 2.45) is 0 Å². The Morgan fingerprint density at radius 2 is 1.94 bits per heavy atom. The zero-order valence-electron chi connectivity index (χ0n) is 9.19. The van der Waals surface area contributed by atoms with Gasteiger partial charge in [0.15, 0.2) is 5.78 Å². The Morgan fingerprint density at radius 1 is 1.31 bits per heavy atom. The monoisotopic (exact) mass is 241 g/mol. The molecule has 0 aliphatic carbocycles. The molecular formula is C12H16ClNO2. The zero-order chi connectivity index (χ0) is 10.9. The number of aromatic hydroxyl groups is 1. The zero-order valence-corrected chi connectivity index (χ0v) is 10.0. The molecule has 0 amide bonds. The van der Waals surface area contributed by atoms with E-state index in [9.17, 15) is 9.90 Å². The van der Waals surface area contributed by atoms with Crippen LogP contribution in [-0.4, -0.2) is 17.4 Å². The number of carbonyl (C=O) groups is 1. The summed E-state index contributed by atoms with van der Waals surface area (Å²) in [6, 6.07) is 6.82. The molecule has 0 radical (unpaired) electrons. The normalized spacial score (nSPS) is 24.9. The summed E-state index contributed by atoms with van der Waals surface area (Å²) in [5, 5.41) is 12.4. The molecule has 0 spiro atoms. The van der Waals surface area contributed by atoms with Crippen LogP contribution in [0.2, 0.25) is 0 Å². The number of phenolic OH excluding ortho intramolecular Hbond substituents is 1. The minimum absolute atomic E-state index is 0. The van der Waals surface area contributed by atoms with E-state index >= 15 is 0 Å². The van der Waals surface area contributed by atoms with Crippen molar-refractivity contribution in [3.8, 4) is 5.75 Å². The van der Waals surface area contributed by atoms with Crippen molar-refractivity contribution in [1.29, 1.82) is 0 Å². The minimum Gasteiger partial charge on any atom is -0.508 e. The minimum atomic E-state index is -0.577. The first-order valence-corrected chi connectivity index (χ1v) is 5.21. The van der Waals surface area contributed by atoms with Gasteiger partial charge in [0.1, 0.15) is 11.3 Å². The lowest BCUT2D eigenvalue weighted by atomic mass is 9.83. The predicted molar refractivity (Wildman–Crippen MR) is 65.0 cm³/mol. The number of Topliss-reactive ketones (excluding diaryl/α,β-unsaturated/α-hetero) is 1. The highest BCUT2D eigenvalue weighted by atomic mass is 35.5. The van der Waals surface area contributed by atoms with Gasteiger partial charge >= 0.3 is 0 Å². The number of piperidine rings is 1. The Morgan fingerprint density at radius 3 is 2.50 bits per heavy atom. The summed E-state index contributed by atoms with van der Waals surface area (Å²) in [4.78, 5) is 11.9. The van der Waals surface area contributed by atoms with Crippen LogP contribution in [0, 0.1) is 0 Å². The number of carbonyl (C=O) groups excluding carboxylic acids is 1. The summed E-state index contributed by atoms with van der Waals surface area (Å²) in [6.45, 7) is 2.77. The van der Waals surface area contributed by atoms with E-state index in [2.05, 4.69) is 5.32 Å². The molecule has 1 heterocycles. The molecule has 1 fully saturated rings. The van der Waals surface area contributed by atoms with Crippen LogP contribution in [0.3, 0.4) is 0 Å². The van der Waals surface area contributed by atoms with Gasteiger partial charge in [0.25, 0.3) is 0 Å². The van der Waals surface area contributed by atoms with Crippen LogP contribution in [0.25, 0.3) is 0 Å². The molecule has 2 rings (SSSR count). The maximum absolute atomic E-state index is 11.9. The lowest BCUT2D eigenvalue weighted by Gasteiger charge is -2.33. The number of nitrogens with one attached hydrogen (secondary N) is 1. The van der Waals surface area contributed by atoms with Crippen molar-refractivity contribution in [3.05, 3.63) is 29.8 Å². The Bertz CT molecular complexity index is 377. The van der Waals surface area contributed by atoms with E-state index in [-0.39, 0.29) is 23.9 Å². The van der Waals surface area contributed by atoms with Gasteiger partial charge in [-0.25, -0.2) is 0 Å². The van der Waals surface area contributed by atoms with Gasteiger partial charge in [-0.2, -0.15) is 0 Å². The van der Waals surface area contributed by atoms with Gasteiger partial charge in [0.2, 0.25) is 0 Å². The van der Waals surface area contributed by atoms with Crippen molar-refractivity contribution in [2.45, 2.75) is 25.3 Å². The molecule has 0 aromatic heterocycles. The smallest absolute Gasteiger partial charge is 0.157 e. The van der Waals surface area contributed by atoms with E-state index in [0.29, 0.717) is 6.42 Å². The number of phenols is 1. The Hall–Kier alpha value is -1.06. The van der Waals surface area contributed by atoms with Crippen molar-refractivity contribution in [2.75, 3.05) is 6.54 Å². The first-order chi connectivity index (χ1) is 7.13. The highest BCUT2D eigenvalue weighted by molar-refractivity contribution is 5.90. The highest BCUT2D eigenvalue weighted by Gasteiger charge is 2.36. The Labute approximate surface area is 101 Å². The molecular weight excluding hydrogens is 226 g/mol. The summed E-state index contributed by atoms with van der Waals surface area (Å²) >= 11 is 0. The van der Waals surface area contributed by atoms with Gasteiger partial charge in [0, 0.05) is 6.42 Å². The molecule has 1 unspecified atom stereocenters. The molecule has 16 heavy (non-hydrogen) atoms. The van der Waals surface area contributed by atoms with Crippen molar-refractivity contribution in [3.63, 3.8) is 0 Å². The number of halogens is 1. The van der Waals surface area contributed by atoms with E-state index in [0.717, 1.165) is 18.5 Å². The van der Waals surface area contributed by atoms with Crippen molar-refractivity contribution in [1.82, 2.24) is 5.32 Å². The van der Waals surface area contributed by atoms with Crippen LogP contribution in [0.1, 0.15) is 25.3 Å². The average Bonchev–Trinajstić information content (AvgIpc) is 2.23. The summed E-state index contributed by atoms with van der Waals surface area (Å²) in [5.74, 6) is 0.449. The van der Waals surface area contributed by atoms with E-state index in [1.807, 2.05) is 6.92 Å². The number of ketones is 1. The average molecular weight is 242 g/mol. The van der Waals surface area contributed by atoms with Gasteiger partial charge in [-0.15, -0.1) is 12.4 Å². The van der Waals surface area contributed by atoms with E-state index in [1.54, 1.807) is 24.3 Å². The Balaban J connectivity index is 0.00000128. The van der Waals surface area contributed by atoms with Crippen LogP contribution in [-0.2, 0) is 10.3 Å². The predicted octanol–water partition coefficient (Wildman–Crippen LogP) is 1.98. The molecule has 1 saturated heterocycles. The number of hydrogen-bond donors (Lipinski definition) is 2. The molecule has 0 saturated carbocycles. The summed E-state index contributed by atoms with van der Waals surface area (Å²) in [7, 11) is 0. The molecule has 1 aromatic rings. The second kappa shape index (κ2) is 4.85. The molecule has 1 aromatic carbocycles. The van der Waals surface area contributed by atoms with Crippen LogP contribution in [0.4, 0.5) is 0 Å². The third-order valence-corrected chi connectivity index (χ3v) is 3.06. The molecule has 0 bridgehead atoms. The SMILES string of the molecule is CC1(c2ccc(O)cc2)NCCCC1=O.Cl. The molecule has 1 aliphatic rings. The maximum Gasteiger partial charge on any atom is 0.157 e. The van der Waals surface area contributed by atoms with Crippen LogP contribution in [0.15, 0.2) is 24.3 Å². The van der Waals surface area contributed by atoms with Gasteiger partial charge in [-0.3, -0.25) is 4.79 Å². The fraction of sp³-hybridized carbons (Fsp3) is 0.417. The van der Waals surface area contributed by atoms with E-state index in [4.69, 9.17) is 0 Å². The highest BCUT2D eigenvalue weighted by Crippen LogP contribution is 2.27. The number of rotatable bonds is 1. The Kier molecular flexibility index (Phi) is 3.94. The molecule has 1 atom stereocenters. The van der Waals surface area contributed by atoms with Gasteiger partial charge in [0.05, 0.1) is 0 Å². The molecule has 1 aliphatic heterocycles. The van der Waals surface area contributed by atoms with Crippen LogP contribution < -0.4 is 5.32 Å². The lowest BCUT2D eigenvalue weighted by molar-refractivity contribution is -0.126. The second-order valence-electron chi connectivity index (χ2n) is 4.13. The maximum atomic E-state index is 11.9. The van der Waals surface area contributed by atoms with Crippen molar-refractivity contribution < 1.29 is 9.90 Å². The fourth-order valence-electron chi connectivity index (χ4n) is 1.99. The molecule has 2 N–H and O–H groups in total.